The van der Waals surface area contributed by atoms with Crippen LogP contribution in [0.5, 0.6) is 0 Å². The van der Waals surface area contributed by atoms with Gasteiger partial charge in [-0.2, -0.15) is 0 Å². The molecule has 2 aliphatic heterocycles. The number of aromatic nitrogens is 2. The largest absolute Gasteiger partial charge is 0.382 e. The third-order valence-corrected chi connectivity index (χ3v) is 5.02. The number of aliphatic hydroxyl groups is 1. The molecule has 128 valence electrons. The first-order chi connectivity index (χ1) is 11.4. The fourth-order valence-electron chi connectivity index (χ4n) is 3.83. The number of pyridine rings is 2. The molecule has 0 unspecified atom stereocenters. The first-order valence-electron chi connectivity index (χ1n) is 7.97. The molecule has 4 rings (SSSR count). The van der Waals surface area contributed by atoms with Crippen LogP contribution >= 0.6 is 0 Å². The number of piperidine rings is 1. The monoisotopic (exact) mass is 336 g/mol. The van der Waals surface area contributed by atoms with Crippen molar-refractivity contribution in [1.82, 2.24) is 14.5 Å². The van der Waals surface area contributed by atoms with Crippen molar-refractivity contribution in [2.45, 2.75) is 31.0 Å². The van der Waals surface area contributed by atoms with E-state index in [0.29, 0.717) is 13.1 Å². The van der Waals surface area contributed by atoms with E-state index in [1.54, 1.807) is 0 Å². The average molecular weight is 336 g/mol. The molecule has 3 N–H and O–H groups in total. The van der Waals surface area contributed by atoms with Crippen molar-refractivity contribution in [1.29, 1.82) is 0 Å². The third kappa shape index (κ3) is 2.25. The summed E-state index contributed by atoms with van der Waals surface area (Å²) in [6.45, 7) is 1.37. The Hall–Kier alpha value is -1.90. The van der Waals surface area contributed by atoms with Crippen LogP contribution in [0.1, 0.15) is 18.4 Å². The molecule has 6 nitrogen and oxygen atoms in total. The average Bonchev–Trinajstić information content (AvgIpc) is 2.85. The van der Waals surface area contributed by atoms with Crippen LogP contribution in [0.2, 0.25) is 0 Å². The normalized spacial score (nSPS) is 24.8. The fraction of sp³-hybridized carbons (Fsp3) is 0.500. The quantitative estimate of drug-likeness (QED) is 0.824. The zero-order valence-electron chi connectivity index (χ0n) is 13.0. The van der Waals surface area contributed by atoms with Gasteiger partial charge in [-0.05, 0) is 25.9 Å². The number of hydrogen-bond donors (Lipinski definition) is 2. The molecular formula is C16H18F2N4O2. The van der Waals surface area contributed by atoms with Crippen molar-refractivity contribution in [3.63, 3.8) is 0 Å². The Kier molecular flexibility index (Phi) is 3.45. The Labute approximate surface area is 136 Å². The molecule has 2 aromatic heterocycles. The molecule has 2 aliphatic rings. The lowest BCUT2D eigenvalue weighted by atomic mass is 9.93. The lowest BCUT2D eigenvalue weighted by Crippen LogP contribution is -2.47. The summed E-state index contributed by atoms with van der Waals surface area (Å²) in [4.78, 5) is 17.9. The number of β-amino-alcohol motifs (C(OH)–C–C–N with tert-alkyl or cyclic N) is 1. The Balaban J connectivity index is 1.80. The summed E-state index contributed by atoms with van der Waals surface area (Å²) in [6.07, 6.45) is 2.56. The molecule has 0 radical (unpaired) electrons. The minimum absolute atomic E-state index is 0.0273. The van der Waals surface area contributed by atoms with Gasteiger partial charge in [-0.15, -0.1) is 0 Å². The van der Waals surface area contributed by atoms with Crippen LogP contribution < -0.4 is 11.3 Å². The van der Waals surface area contributed by atoms with Crippen LogP contribution in [0.3, 0.4) is 0 Å². The predicted octanol–water partition coefficient (Wildman–Crippen LogP) is 0.299. The Morgan fingerprint density at radius 1 is 1.33 bits per heavy atom. The van der Waals surface area contributed by atoms with Gasteiger partial charge in [-0.25, -0.2) is 8.78 Å². The second-order valence-electron chi connectivity index (χ2n) is 6.74. The van der Waals surface area contributed by atoms with Crippen LogP contribution in [-0.2, 0) is 12.1 Å². The van der Waals surface area contributed by atoms with Gasteiger partial charge in [0, 0.05) is 18.7 Å². The predicted molar refractivity (Wildman–Crippen MR) is 83.5 cm³/mol. The molecule has 0 bridgehead atoms. The summed E-state index contributed by atoms with van der Waals surface area (Å²) < 4.78 is 29.3. The molecule has 0 saturated carbocycles. The minimum Gasteiger partial charge on any atom is -0.382 e. The maximum atomic E-state index is 14.4. The van der Waals surface area contributed by atoms with E-state index in [1.807, 2.05) is 4.90 Å². The number of nitrogens with two attached hydrogens (primary N) is 1. The summed E-state index contributed by atoms with van der Waals surface area (Å²) in [5.74, 6) is -1.64. The Morgan fingerprint density at radius 2 is 2.04 bits per heavy atom. The number of halogens is 2. The molecular weight excluding hydrogens is 318 g/mol. The number of likely N-dealkylation sites (tertiary alicyclic amines) is 1. The highest BCUT2D eigenvalue weighted by molar-refractivity contribution is 5.81. The summed E-state index contributed by atoms with van der Waals surface area (Å²) >= 11 is 0. The summed E-state index contributed by atoms with van der Waals surface area (Å²) in [5.41, 5.74) is 3.80. The van der Waals surface area contributed by atoms with Crippen molar-refractivity contribution in [3.05, 3.63) is 39.8 Å². The van der Waals surface area contributed by atoms with Gasteiger partial charge in [0.2, 0.25) is 0 Å². The zero-order chi connectivity index (χ0) is 17.1. The molecule has 0 spiro atoms. The molecule has 2 aromatic rings. The molecule has 4 heterocycles. The van der Waals surface area contributed by atoms with Gasteiger partial charge in [-0.3, -0.25) is 14.7 Å². The van der Waals surface area contributed by atoms with Gasteiger partial charge in [0.15, 0.2) is 5.82 Å². The van der Waals surface area contributed by atoms with Crippen molar-refractivity contribution in [2.24, 2.45) is 5.73 Å². The molecule has 0 amide bonds. The standard InChI is InChI=1S/C16H18F2N4O2/c17-10-5-12-14-13(11(18)6-20-12)16(24,8-22(14)15(10)23)7-21-3-1-9(19)2-4-21/h5-6,9,24H,1-4,7-8,19H2/t16-/m0/s1. The van der Waals surface area contributed by atoms with E-state index < -0.39 is 22.8 Å². The minimum atomic E-state index is -1.59. The van der Waals surface area contributed by atoms with Gasteiger partial charge < -0.3 is 15.4 Å². The van der Waals surface area contributed by atoms with E-state index in [-0.39, 0.29) is 35.7 Å². The van der Waals surface area contributed by atoms with Gasteiger partial charge in [-0.1, -0.05) is 0 Å². The molecule has 1 fully saturated rings. The van der Waals surface area contributed by atoms with Crippen LogP contribution in [0, 0.1) is 11.6 Å². The van der Waals surface area contributed by atoms with E-state index in [0.717, 1.165) is 29.7 Å². The van der Waals surface area contributed by atoms with Crippen LogP contribution in [-0.4, -0.2) is 45.2 Å². The topological polar surface area (TPSA) is 84.4 Å². The second-order valence-corrected chi connectivity index (χ2v) is 6.74. The summed E-state index contributed by atoms with van der Waals surface area (Å²) in [7, 11) is 0. The first kappa shape index (κ1) is 15.6. The molecule has 0 aliphatic carbocycles. The molecule has 24 heavy (non-hydrogen) atoms. The van der Waals surface area contributed by atoms with Crippen molar-refractivity contribution in [2.75, 3.05) is 19.6 Å². The van der Waals surface area contributed by atoms with Crippen LogP contribution in [0.4, 0.5) is 8.78 Å². The third-order valence-electron chi connectivity index (χ3n) is 5.02. The first-order valence-corrected chi connectivity index (χ1v) is 7.97. The summed E-state index contributed by atoms with van der Waals surface area (Å²) in [6, 6.07) is 1.13. The Bertz CT molecular complexity index is 876. The van der Waals surface area contributed by atoms with Gasteiger partial charge >= 0.3 is 0 Å². The number of hydrogen-bond acceptors (Lipinski definition) is 5. The molecule has 1 atom stereocenters. The maximum Gasteiger partial charge on any atom is 0.287 e. The lowest BCUT2D eigenvalue weighted by molar-refractivity contribution is -0.0151. The number of rotatable bonds is 2. The van der Waals surface area contributed by atoms with Gasteiger partial charge in [0.1, 0.15) is 11.4 Å². The molecule has 8 heteroatoms. The highest BCUT2D eigenvalue weighted by atomic mass is 19.1. The SMILES string of the molecule is NC1CCN(C[C@]2(O)Cn3c(=O)c(F)cc4ncc(F)c2c43)CC1. The van der Waals surface area contributed by atoms with E-state index in [2.05, 4.69) is 4.98 Å². The zero-order valence-corrected chi connectivity index (χ0v) is 13.0. The molecule has 0 aromatic carbocycles. The summed E-state index contributed by atoms with van der Waals surface area (Å²) in [5, 5.41) is 11.1. The van der Waals surface area contributed by atoms with Crippen molar-refractivity contribution < 1.29 is 13.9 Å². The lowest BCUT2D eigenvalue weighted by Gasteiger charge is -2.35. The Morgan fingerprint density at radius 3 is 2.75 bits per heavy atom. The van der Waals surface area contributed by atoms with Crippen LogP contribution in [0.25, 0.3) is 11.0 Å². The van der Waals surface area contributed by atoms with Crippen molar-refractivity contribution in [3.8, 4) is 0 Å². The van der Waals surface area contributed by atoms with E-state index in [4.69, 9.17) is 5.73 Å². The number of nitrogens with zero attached hydrogens (tertiary/aromatic N) is 3. The smallest absolute Gasteiger partial charge is 0.287 e. The second kappa shape index (κ2) is 5.30. The van der Waals surface area contributed by atoms with Crippen LogP contribution in [0.15, 0.2) is 17.1 Å². The van der Waals surface area contributed by atoms with E-state index in [1.165, 1.54) is 0 Å². The maximum absolute atomic E-state index is 14.4. The highest BCUT2D eigenvalue weighted by Gasteiger charge is 2.43. The molecule has 1 saturated heterocycles. The van der Waals surface area contributed by atoms with Crippen molar-refractivity contribution >= 4 is 11.0 Å². The van der Waals surface area contributed by atoms with E-state index in [9.17, 15) is 18.7 Å². The highest BCUT2D eigenvalue weighted by Crippen LogP contribution is 2.38. The van der Waals surface area contributed by atoms with E-state index >= 15 is 0 Å². The van der Waals surface area contributed by atoms with Gasteiger partial charge in [0.25, 0.3) is 5.56 Å². The fourth-order valence-corrected chi connectivity index (χ4v) is 3.83. The van der Waals surface area contributed by atoms with Gasteiger partial charge in [0.05, 0.1) is 29.3 Å².